The first-order chi connectivity index (χ1) is 17.9. The van der Waals surface area contributed by atoms with Gasteiger partial charge in [-0.25, -0.2) is 9.48 Å². The first kappa shape index (κ1) is 26.8. The molecule has 1 aliphatic heterocycles. The summed E-state index contributed by atoms with van der Waals surface area (Å²) in [5.41, 5.74) is 2.91. The van der Waals surface area contributed by atoms with Crippen LogP contribution in [0.4, 0.5) is 5.95 Å². The summed E-state index contributed by atoms with van der Waals surface area (Å²) in [6.45, 7) is 8.08. The molecule has 2 heterocycles. The Bertz CT molecular complexity index is 1310. The average molecular weight is 586 g/mol. The van der Waals surface area contributed by atoms with Crippen molar-refractivity contribution in [3.8, 4) is 11.5 Å². The summed E-state index contributed by atoms with van der Waals surface area (Å²) in [6, 6.07) is 13.0. The number of aromatic nitrogens is 3. The summed E-state index contributed by atoms with van der Waals surface area (Å²) < 4.78 is 19.9. The molecule has 2 aromatic carbocycles. The van der Waals surface area contributed by atoms with Crippen LogP contribution in [0.2, 0.25) is 0 Å². The summed E-state index contributed by atoms with van der Waals surface area (Å²) in [7, 11) is 1.59. The number of halogens is 1. The molecule has 0 saturated heterocycles. The Labute approximate surface area is 229 Å². The molecular formula is C27H29BrN4O4S. The molecule has 8 nitrogen and oxygen atoms in total. The molecule has 10 heteroatoms. The van der Waals surface area contributed by atoms with E-state index >= 15 is 0 Å². The van der Waals surface area contributed by atoms with E-state index in [1.54, 1.807) is 29.6 Å². The normalized spacial score (nSPS) is 14.5. The van der Waals surface area contributed by atoms with E-state index in [9.17, 15) is 4.79 Å². The Hall–Kier alpha value is -3.24. The summed E-state index contributed by atoms with van der Waals surface area (Å²) in [6.07, 6.45) is 2.54. The van der Waals surface area contributed by atoms with Crippen LogP contribution >= 0.6 is 27.7 Å². The van der Waals surface area contributed by atoms with Crippen molar-refractivity contribution in [2.75, 3.05) is 24.8 Å². The number of hydrogen-bond donors (Lipinski definition) is 1. The van der Waals surface area contributed by atoms with Crippen LogP contribution in [0.1, 0.15) is 37.4 Å². The SMILES string of the molecule is C=CCOC(=O)C1=C(C)Nc2nc(SCCC)nn2C1c1ccc(OCc2ccc(Br)cc2)c(OC)c1. The molecule has 1 aliphatic rings. The fraction of sp³-hybridized carbons (Fsp3) is 0.296. The predicted molar refractivity (Wildman–Crippen MR) is 148 cm³/mol. The monoisotopic (exact) mass is 584 g/mol. The minimum absolute atomic E-state index is 0.107. The van der Waals surface area contributed by atoms with Crippen LogP contribution in [0.5, 0.6) is 11.5 Å². The Balaban J connectivity index is 1.70. The van der Waals surface area contributed by atoms with Crippen LogP contribution in [-0.4, -0.2) is 40.2 Å². The smallest absolute Gasteiger partial charge is 0.338 e. The zero-order valence-electron chi connectivity index (χ0n) is 21.0. The third-order valence-corrected chi connectivity index (χ3v) is 7.20. The standard InChI is InChI=1S/C27H29BrN4O4S/c1-5-13-35-25(33)23-17(3)29-26-30-27(37-14-6-2)31-32(26)24(23)19-9-12-21(22(15-19)34-4)36-16-18-7-10-20(28)11-8-18/h5,7-12,15,24H,1,6,13-14,16H2,2-4H3,(H,29,30,31). The molecule has 0 saturated carbocycles. The number of benzene rings is 2. The number of nitrogens with zero attached hydrogens (tertiary/aromatic N) is 3. The van der Waals surface area contributed by atoms with Crippen molar-refractivity contribution in [1.29, 1.82) is 0 Å². The minimum Gasteiger partial charge on any atom is -0.493 e. The highest BCUT2D eigenvalue weighted by Crippen LogP contribution is 2.40. The molecule has 1 N–H and O–H groups in total. The van der Waals surface area contributed by atoms with Crippen LogP contribution in [0.3, 0.4) is 0 Å². The van der Waals surface area contributed by atoms with Crippen molar-refractivity contribution >= 4 is 39.6 Å². The molecule has 1 unspecified atom stereocenters. The van der Waals surface area contributed by atoms with Gasteiger partial charge in [0.15, 0.2) is 11.5 Å². The van der Waals surface area contributed by atoms with Crippen molar-refractivity contribution in [2.45, 2.75) is 38.1 Å². The molecule has 1 atom stereocenters. The number of anilines is 1. The van der Waals surface area contributed by atoms with Gasteiger partial charge in [-0.05, 0) is 48.7 Å². The van der Waals surface area contributed by atoms with Crippen molar-refractivity contribution in [3.05, 3.63) is 82.0 Å². The van der Waals surface area contributed by atoms with Crippen molar-refractivity contribution in [3.63, 3.8) is 0 Å². The second-order valence-electron chi connectivity index (χ2n) is 8.29. The molecule has 0 radical (unpaired) electrons. The van der Waals surface area contributed by atoms with Gasteiger partial charge in [-0.2, -0.15) is 4.98 Å². The van der Waals surface area contributed by atoms with Gasteiger partial charge in [-0.1, -0.05) is 65.5 Å². The lowest BCUT2D eigenvalue weighted by molar-refractivity contribution is -0.138. The van der Waals surface area contributed by atoms with E-state index in [2.05, 4.69) is 39.7 Å². The number of carbonyl (C=O) groups is 1. The number of thioether (sulfide) groups is 1. The topological polar surface area (TPSA) is 87.5 Å². The number of esters is 1. The van der Waals surface area contributed by atoms with Crippen molar-refractivity contribution in [1.82, 2.24) is 14.8 Å². The van der Waals surface area contributed by atoms with Crippen LogP contribution in [0.25, 0.3) is 0 Å². The van der Waals surface area contributed by atoms with Crippen LogP contribution in [-0.2, 0) is 16.1 Å². The lowest BCUT2D eigenvalue weighted by atomic mass is 9.95. The van der Waals surface area contributed by atoms with Gasteiger partial charge in [0.25, 0.3) is 0 Å². The van der Waals surface area contributed by atoms with E-state index in [0.717, 1.165) is 27.8 Å². The molecule has 194 valence electrons. The first-order valence-corrected chi connectivity index (χ1v) is 13.6. The first-order valence-electron chi connectivity index (χ1n) is 11.9. The summed E-state index contributed by atoms with van der Waals surface area (Å²) >= 11 is 5.02. The molecule has 0 bridgehead atoms. The summed E-state index contributed by atoms with van der Waals surface area (Å²) in [5, 5.41) is 8.58. The van der Waals surface area contributed by atoms with Gasteiger partial charge in [0, 0.05) is 15.9 Å². The summed E-state index contributed by atoms with van der Waals surface area (Å²) in [4.78, 5) is 17.8. The van der Waals surface area contributed by atoms with Crippen LogP contribution < -0.4 is 14.8 Å². The molecule has 3 aromatic rings. The van der Waals surface area contributed by atoms with E-state index in [0.29, 0.717) is 40.5 Å². The summed E-state index contributed by atoms with van der Waals surface area (Å²) in [5.74, 6) is 2.15. The maximum atomic E-state index is 13.2. The lowest BCUT2D eigenvalue weighted by Crippen LogP contribution is -2.29. The number of methoxy groups -OCH3 is 1. The molecule has 4 rings (SSSR count). The zero-order chi connectivity index (χ0) is 26.4. The van der Waals surface area contributed by atoms with E-state index < -0.39 is 12.0 Å². The Morgan fingerprint density at radius 3 is 2.73 bits per heavy atom. The average Bonchev–Trinajstić information content (AvgIpc) is 3.31. The number of allylic oxidation sites excluding steroid dienone is 1. The van der Waals surface area contributed by atoms with E-state index in [4.69, 9.17) is 19.3 Å². The Kier molecular flexibility index (Phi) is 8.94. The number of fused-ring (bicyclic) bond motifs is 1. The number of hydrogen-bond acceptors (Lipinski definition) is 8. The minimum atomic E-state index is -0.563. The maximum Gasteiger partial charge on any atom is 0.338 e. The van der Waals surface area contributed by atoms with E-state index in [1.165, 1.54) is 0 Å². The third kappa shape index (κ3) is 6.19. The van der Waals surface area contributed by atoms with E-state index in [1.807, 2.05) is 49.4 Å². The van der Waals surface area contributed by atoms with Crippen molar-refractivity contribution < 1.29 is 19.0 Å². The molecule has 0 amide bonds. The Morgan fingerprint density at radius 1 is 1.24 bits per heavy atom. The van der Waals surface area contributed by atoms with Crippen LogP contribution in [0, 0.1) is 0 Å². The highest BCUT2D eigenvalue weighted by Gasteiger charge is 2.35. The maximum absolute atomic E-state index is 13.2. The van der Waals surface area contributed by atoms with Crippen LogP contribution in [0.15, 0.2) is 76.0 Å². The number of carbonyl (C=O) groups excluding carboxylic acids is 1. The van der Waals surface area contributed by atoms with Gasteiger partial charge in [0.2, 0.25) is 11.1 Å². The van der Waals surface area contributed by atoms with Gasteiger partial charge in [0.1, 0.15) is 19.3 Å². The lowest BCUT2D eigenvalue weighted by Gasteiger charge is -2.28. The molecule has 0 fully saturated rings. The van der Waals surface area contributed by atoms with Gasteiger partial charge >= 0.3 is 5.97 Å². The zero-order valence-corrected chi connectivity index (χ0v) is 23.4. The fourth-order valence-electron chi connectivity index (χ4n) is 3.89. The van der Waals surface area contributed by atoms with Gasteiger partial charge < -0.3 is 19.5 Å². The fourth-order valence-corrected chi connectivity index (χ4v) is 4.83. The van der Waals surface area contributed by atoms with Gasteiger partial charge in [-0.3, -0.25) is 0 Å². The Morgan fingerprint density at radius 2 is 2.03 bits per heavy atom. The molecule has 37 heavy (non-hydrogen) atoms. The van der Waals surface area contributed by atoms with Gasteiger partial charge in [-0.15, -0.1) is 5.10 Å². The quantitative estimate of drug-likeness (QED) is 0.163. The number of rotatable bonds is 11. The van der Waals surface area contributed by atoms with Gasteiger partial charge in [0.05, 0.1) is 12.7 Å². The van der Waals surface area contributed by atoms with E-state index in [-0.39, 0.29) is 6.61 Å². The predicted octanol–water partition coefficient (Wildman–Crippen LogP) is 6.15. The highest BCUT2D eigenvalue weighted by atomic mass is 79.9. The molecule has 1 aromatic heterocycles. The second kappa shape index (κ2) is 12.3. The largest absolute Gasteiger partial charge is 0.493 e. The molecular weight excluding hydrogens is 556 g/mol. The highest BCUT2D eigenvalue weighted by molar-refractivity contribution is 9.10. The van der Waals surface area contributed by atoms with Crippen molar-refractivity contribution in [2.24, 2.45) is 0 Å². The molecule has 0 spiro atoms. The number of ether oxygens (including phenoxy) is 3. The third-order valence-electron chi connectivity index (χ3n) is 5.63. The number of nitrogens with one attached hydrogen (secondary N) is 1. The molecule has 0 aliphatic carbocycles. The second-order valence-corrected chi connectivity index (χ2v) is 10.3.